The van der Waals surface area contributed by atoms with E-state index in [2.05, 4.69) is 4.79 Å². The van der Waals surface area contributed by atoms with Crippen LogP contribution in [-0.2, 0) is 9.53 Å². The zero-order valence-electron chi connectivity index (χ0n) is 9.67. The third-order valence-electron chi connectivity index (χ3n) is 2.96. The van der Waals surface area contributed by atoms with E-state index in [0.717, 1.165) is 6.42 Å². The number of ether oxygens (including phenoxy) is 1. The van der Waals surface area contributed by atoms with E-state index in [0.29, 0.717) is 6.61 Å². The van der Waals surface area contributed by atoms with E-state index in [1.54, 1.807) is 6.92 Å². The number of carbonyl (C=O) groups is 1. The van der Waals surface area contributed by atoms with Crippen molar-refractivity contribution in [2.24, 2.45) is 5.92 Å². The molecule has 0 saturated heterocycles. The van der Waals surface area contributed by atoms with Crippen molar-refractivity contribution in [1.82, 2.24) is 0 Å². The maximum Gasteiger partial charge on any atom is 0.417 e. The molecule has 1 unspecified atom stereocenters. The Balaban J connectivity index is 2.07. The Kier molecular flexibility index (Phi) is 3.35. The molecule has 0 N–H and O–H groups in total. The van der Waals surface area contributed by atoms with Crippen LogP contribution in [0.2, 0.25) is 0 Å². The van der Waals surface area contributed by atoms with Gasteiger partial charge in [-0.1, -0.05) is 30.3 Å². The maximum absolute atomic E-state index is 11.5. The molecule has 1 saturated carbocycles. The first kappa shape index (κ1) is 11.6. The van der Waals surface area contributed by atoms with Crippen LogP contribution in [0.25, 0.3) is 5.53 Å². The predicted octanol–water partition coefficient (Wildman–Crippen LogP) is 2.02. The average molecular weight is 230 g/mol. The maximum atomic E-state index is 11.5. The van der Waals surface area contributed by atoms with Crippen LogP contribution in [0.1, 0.15) is 24.8 Å². The number of nitrogens with zero attached hydrogens (tertiary/aromatic N) is 2. The van der Waals surface area contributed by atoms with Gasteiger partial charge in [0.15, 0.2) is 0 Å². The summed E-state index contributed by atoms with van der Waals surface area (Å²) in [5.74, 6) is -0.258. The third kappa shape index (κ3) is 2.43. The normalized spacial score (nSPS) is 21.5. The van der Waals surface area contributed by atoms with E-state index >= 15 is 0 Å². The number of esters is 1. The van der Waals surface area contributed by atoms with Crippen LogP contribution in [0.15, 0.2) is 30.3 Å². The monoisotopic (exact) mass is 230 g/mol. The molecule has 0 heterocycles. The Hall–Kier alpha value is -1.93. The van der Waals surface area contributed by atoms with Crippen molar-refractivity contribution in [1.29, 1.82) is 0 Å². The minimum Gasteiger partial charge on any atom is -0.457 e. The predicted molar refractivity (Wildman–Crippen MR) is 62.5 cm³/mol. The fourth-order valence-corrected chi connectivity index (χ4v) is 2.04. The van der Waals surface area contributed by atoms with Crippen LogP contribution in [-0.4, -0.2) is 23.1 Å². The fourth-order valence-electron chi connectivity index (χ4n) is 2.04. The van der Waals surface area contributed by atoms with Crippen LogP contribution in [0.3, 0.4) is 0 Å². The van der Waals surface area contributed by atoms with Gasteiger partial charge in [0, 0.05) is 0 Å². The van der Waals surface area contributed by atoms with Gasteiger partial charge in [-0.15, -0.1) is 0 Å². The number of rotatable bonds is 4. The van der Waals surface area contributed by atoms with E-state index in [9.17, 15) is 4.79 Å². The summed E-state index contributed by atoms with van der Waals surface area (Å²) < 4.78 is 4.85. The SMILES string of the molecule is CCOC(=O)C(=[N+]=[N-])[C@H]1CC1c1ccccc1. The van der Waals surface area contributed by atoms with Gasteiger partial charge in [-0.2, -0.15) is 4.79 Å². The molecule has 1 aromatic rings. The van der Waals surface area contributed by atoms with Gasteiger partial charge < -0.3 is 10.3 Å². The summed E-state index contributed by atoms with van der Waals surface area (Å²) in [4.78, 5) is 14.6. The minimum atomic E-state index is -0.515. The van der Waals surface area contributed by atoms with Crippen LogP contribution in [0, 0.1) is 5.92 Å². The molecule has 0 aromatic heterocycles. The Bertz CT molecular complexity index is 464. The van der Waals surface area contributed by atoms with Crippen LogP contribution >= 0.6 is 0 Å². The van der Waals surface area contributed by atoms with Gasteiger partial charge in [0.05, 0.1) is 12.5 Å². The van der Waals surface area contributed by atoms with E-state index in [1.165, 1.54) is 5.56 Å². The Morgan fingerprint density at radius 2 is 2.18 bits per heavy atom. The summed E-state index contributed by atoms with van der Waals surface area (Å²) in [6, 6.07) is 9.92. The Morgan fingerprint density at radius 3 is 2.76 bits per heavy atom. The molecule has 0 amide bonds. The molecular formula is C13H14N2O2. The molecule has 17 heavy (non-hydrogen) atoms. The lowest BCUT2D eigenvalue weighted by atomic mass is 10.1. The van der Waals surface area contributed by atoms with Gasteiger partial charge in [-0.25, -0.2) is 4.79 Å². The van der Waals surface area contributed by atoms with Gasteiger partial charge in [-0.05, 0) is 24.8 Å². The molecule has 1 aliphatic carbocycles. The molecule has 0 bridgehead atoms. The largest absolute Gasteiger partial charge is 0.457 e. The van der Waals surface area contributed by atoms with Gasteiger partial charge in [-0.3, -0.25) is 0 Å². The van der Waals surface area contributed by atoms with Gasteiger partial charge in [0.25, 0.3) is 0 Å². The van der Waals surface area contributed by atoms with Gasteiger partial charge in [0.1, 0.15) is 0 Å². The second-order valence-electron chi connectivity index (χ2n) is 4.07. The average Bonchev–Trinajstić information content (AvgIpc) is 3.12. The number of benzene rings is 1. The quantitative estimate of drug-likeness (QED) is 0.344. The molecule has 0 spiro atoms. The Labute approximate surface area is 99.8 Å². The number of carbonyl (C=O) groups excluding carboxylic acids is 1. The molecule has 1 aromatic carbocycles. The third-order valence-corrected chi connectivity index (χ3v) is 2.96. The summed E-state index contributed by atoms with van der Waals surface area (Å²) in [6.07, 6.45) is 0.836. The van der Waals surface area contributed by atoms with Crippen molar-refractivity contribution < 1.29 is 14.3 Å². The molecule has 2 atom stereocenters. The molecular weight excluding hydrogens is 216 g/mol. The second-order valence-corrected chi connectivity index (χ2v) is 4.07. The lowest BCUT2D eigenvalue weighted by Crippen LogP contribution is -2.21. The van der Waals surface area contributed by atoms with E-state index < -0.39 is 5.97 Å². The van der Waals surface area contributed by atoms with Crippen molar-refractivity contribution in [3.05, 3.63) is 41.4 Å². The summed E-state index contributed by atoms with van der Waals surface area (Å²) in [5.41, 5.74) is 10.2. The highest BCUT2D eigenvalue weighted by molar-refractivity contribution is 6.35. The zero-order valence-corrected chi connectivity index (χ0v) is 9.67. The fraction of sp³-hybridized carbons (Fsp3) is 0.385. The highest BCUT2D eigenvalue weighted by Crippen LogP contribution is 2.48. The molecule has 0 radical (unpaired) electrons. The Morgan fingerprint density at radius 1 is 1.47 bits per heavy atom. The van der Waals surface area contributed by atoms with Crippen molar-refractivity contribution in [3.8, 4) is 0 Å². The van der Waals surface area contributed by atoms with E-state index in [4.69, 9.17) is 10.3 Å². The van der Waals surface area contributed by atoms with E-state index in [-0.39, 0.29) is 17.5 Å². The molecule has 88 valence electrons. The van der Waals surface area contributed by atoms with Crippen LogP contribution in [0.5, 0.6) is 0 Å². The second kappa shape index (κ2) is 4.93. The highest BCUT2D eigenvalue weighted by Gasteiger charge is 2.50. The minimum absolute atomic E-state index is 0.0125. The standard InChI is InChI=1S/C13H14N2O2/c1-2-17-13(16)12(15-14)11-8-10(11)9-6-4-3-5-7-9/h3-7,10-11H,2,8H2,1H3/t10?,11-/m0/s1. The summed E-state index contributed by atoms with van der Waals surface area (Å²) >= 11 is 0. The zero-order chi connectivity index (χ0) is 12.3. The number of hydrogen-bond donors (Lipinski definition) is 0. The molecule has 0 aliphatic heterocycles. The topological polar surface area (TPSA) is 62.7 Å². The van der Waals surface area contributed by atoms with E-state index in [1.807, 2.05) is 30.3 Å². The van der Waals surface area contributed by atoms with Crippen molar-refractivity contribution in [3.63, 3.8) is 0 Å². The first-order valence-corrected chi connectivity index (χ1v) is 5.72. The molecule has 1 aliphatic rings. The first-order valence-electron chi connectivity index (χ1n) is 5.72. The van der Waals surface area contributed by atoms with Gasteiger partial charge >= 0.3 is 11.7 Å². The molecule has 2 rings (SSSR count). The lowest BCUT2D eigenvalue weighted by Gasteiger charge is -1.98. The summed E-state index contributed by atoms with van der Waals surface area (Å²) in [5, 5.41) is 0. The van der Waals surface area contributed by atoms with Crippen molar-refractivity contribution in [2.45, 2.75) is 19.3 Å². The summed E-state index contributed by atoms with van der Waals surface area (Å²) in [7, 11) is 0. The summed E-state index contributed by atoms with van der Waals surface area (Å²) in [6.45, 7) is 2.02. The van der Waals surface area contributed by atoms with Crippen molar-refractivity contribution >= 4 is 11.7 Å². The van der Waals surface area contributed by atoms with Crippen molar-refractivity contribution in [2.75, 3.05) is 6.61 Å². The number of hydrogen-bond acceptors (Lipinski definition) is 2. The molecule has 1 fully saturated rings. The highest BCUT2D eigenvalue weighted by atomic mass is 16.5. The molecule has 4 heteroatoms. The van der Waals surface area contributed by atoms with Gasteiger partial charge in [0.2, 0.25) is 0 Å². The molecule has 4 nitrogen and oxygen atoms in total. The first-order chi connectivity index (χ1) is 8.27. The van der Waals surface area contributed by atoms with Crippen LogP contribution in [0.4, 0.5) is 0 Å². The van der Waals surface area contributed by atoms with Crippen LogP contribution < -0.4 is 0 Å². The smallest absolute Gasteiger partial charge is 0.417 e. The lowest BCUT2D eigenvalue weighted by molar-refractivity contribution is -0.140.